The number of methoxy groups -OCH3 is 1. The highest BCUT2D eigenvalue weighted by molar-refractivity contribution is 5.31. The van der Waals surface area contributed by atoms with E-state index in [1.165, 1.54) is 38.5 Å². The maximum Gasteiger partial charge on any atom is 0.142 e. The third-order valence-electron chi connectivity index (χ3n) is 6.16. The molecule has 1 heterocycles. The van der Waals surface area contributed by atoms with Crippen LogP contribution in [0.1, 0.15) is 50.3 Å². The molecule has 4 bridgehead atoms. The summed E-state index contributed by atoms with van der Waals surface area (Å²) in [6.45, 7) is 0. The van der Waals surface area contributed by atoms with E-state index in [2.05, 4.69) is 10.4 Å². The van der Waals surface area contributed by atoms with Gasteiger partial charge in [0.1, 0.15) is 11.4 Å². The molecule has 4 aliphatic rings. The van der Waals surface area contributed by atoms with Crippen molar-refractivity contribution < 1.29 is 4.74 Å². The predicted molar refractivity (Wildman–Crippen MR) is 81.5 cm³/mol. The van der Waals surface area contributed by atoms with Crippen molar-refractivity contribution in [1.29, 1.82) is 0 Å². The molecule has 0 saturated heterocycles. The third kappa shape index (κ3) is 2.08. The zero-order valence-corrected chi connectivity index (χ0v) is 12.7. The minimum absolute atomic E-state index is 0.113. The van der Waals surface area contributed by atoms with Gasteiger partial charge in [0.15, 0.2) is 0 Å². The second-order valence-corrected chi connectivity index (χ2v) is 7.47. The summed E-state index contributed by atoms with van der Waals surface area (Å²) in [7, 11) is 1.72. The van der Waals surface area contributed by atoms with Crippen molar-refractivity contribution in [3.8, 4) is 5.75 Å². The van der Waals surface area contributed by atoms with Crippen LogP contribution in [0, 0.1) is 23.2 Å². The van der Waals surface area contributed by atoms with Gasteiger partial charge in [0.05, 0.1) is 13.2 Å². The molecule has 0 amide bonds. The first kappa shape index (κ1) is 13.5. The Labute approximate surface area is 126 Å². The molecule has 4 saturated carbocycles. The number of aromatic nitrogens is 1. The Bertz CT molecular complexity index is 495. The summed E-state index contributed by atoms with van der Waals surface area (Å²) in [5.41, 5.74) is 4.38. The summed E-state index contributed by atoms with van der Waals surface area (Å²) in [6.07, 6.45) is 10.1. The molecule has 0 radical (unpaired) electrons. The molecular weight excluding hydrogens is 262 g/mol. The van der Waals surface area contributed by atoms with Crippen LogP contribution < -0.4 is 16.0 Å². The van der Waals surface area contributed by atoms with Crippen molar-refractivity contribution in [1.82, 2.24) is 10.4 Å². The van der Waals surface area contributed by atoms with Gasteiger partial charge >= 0.3 is 0 Å². The standard InChI is InChI=1S/C17H25N3O/c1-21-14-3-2-4-19-15(14)16(20-18)17-8-11-5-12(9-17)7-13(6-11)10-17/h2-4,11-13,16,20H,5-10,18H2,1H3. The second-order valence-electron chi connectivity index (χ2n) is 7.47. The molecule has 1 aromatic heterocycles. The van der Waals surface area contributed by atoms with E-state index in [1.807, 2.05) is 18.3 Å². The lowest BCUT2D eigenvalue weighted by Crippen LogP contribution is -2.53. The van der Waals surface area contributed by atoms with Crippen LogP contribution in [-0.4, -0.2) is 12.1 Å². The van der Waals surface area contributed by atoms with Crippen molar-refractivity contribution in [2.24, 2.45) is 29.0 Å². The molecule has 0 aliphatic heterocycles. The Morgan fingerprint density at radius 1 is 1.24 bits per heavy atom. The Balaban J connectivity index is 1.72. The molecule has 1 unspecified atom stereocenters. The second kappa shape index (κ2) is 4.96. The average molecular weight is 287 g/mol. The van der Waals surface area contributed by atoms with Crippen molar-refractivity contribution in [2.45, 2.75) is 44.6 Å². The maximum atomic E-state index is 6.00. The third-order valence-corrected chi connectivity index (χ3v) is 6.16. The lowest BCUT2D eigenvalue weighted by atomic mass is 9.47. The lowest BCUT2D eigenvalue weighted by molar-refractivity contribution is -0.0760. The summed E-state index contributed by atoms with van der Waals surface area (Å²) in [5.74, 6) is 9.58. The molecule has 5 rings (SSSR count). The molecule has 0 spiro atoms. The van der Waals surface area contributed by atoms with Crippen LogP contribution in [0.4, 0.5) is 0 Å². The number of ether oxygens (including phenoxy) is 1. The maximum absolute atomic E-state index is 6.00. The number of hydrogen-bond acceptors (Lipinski definition) is 4. The number of nitrogens with two attached hydrogens (primary N) is 1. The topological polar surface area (TPSA) is 60.2 Å². The Morgan fingerprint density at radius 2 is 1.86 bits per heavy atom. The first-order valence-corrected chi connectivity index (χ1v) is 8.19. The molecule has 1 atom stereocenters. The molecule has 4 fully saturated rings. The average Bonchev–Trinajstić information content (AvgIpc) is 2.47. The highest BCUT2D eigenvalue weighted by atomic mass is 16.5. The minimum atomic E-state index is 0.113. The van der Waals surface area contributed by atoms with Crippen molar-refractivity contribution >= 4 is 0 Å². The first-order chi connectivity index (χ1) is 10.2. The lowest BCUT2D eigenvalue weighted by Gasteiger charge is -2.59. The molecule has 4 aliphatic carbocycles. The molecule has 0 aromatic carbocycles. The van der Waals surface area contributed by atoms with Gasteiger partial charge in [-0.2, -0.15) is 0 Å². The van der Waals surface area contributed by atoms with Crippen molar-refractivity contribution in [3.05, 3.63) is 24.0 Å². The number of rotatable bonds is 4. The van der Waals surface area contributed by atoms with Crippen LogP contribution in [-0.2, 0) is 0 Å². The van der Waals surface area contributed by atoms with E-state index >= 15 is 0 Å². The number of nitrogens with zero attached hydrogens (tertiary/aromatic N) is 1. The van der Waals surface area contributed by atoms with Gasteiger partial charge < -0.3 is 4.74 Å². The van der Waals surface area contributed by atoms with E-state index in [-0.39, 0.29) is 11.5 Å². The molecule has 1 aromatic rings. The van der Waals surface area contributed by atoms with E-state index in [1.54, 1.807) is 7.11 Å². The van der Waals surface area contributed by atoms with Gasteiger partial charge in [-0.15, -0.1) is 0 Å². The van der Waals surface area contributed by atoms with Crippen molar-refractivity contribution in [2.75, 3.05) is 7.11 Å². The normalized spacial score (nSPS) is 38.5. The largest absolute Gasteiger partial charge is 0.495 e. The van der Waals surface area contributed by atoms with Gasteiger partial charge in [0, 0.05) is 6.20 Å². The summed E-state index contributed by atoms with van der Waals surface area (Å²) < 4.78 is 5.53. The highest BCUT2D eigenvalue weighted by Gasteiger charge is 2.55. The summed E-state index contributed by atoms with van der Waals surface area (Å²) >= 11 is 0. The number of pyridine rings is 1. The first-order valence-electron chi connectivity index (χ1n) is 8.19. The molecule has 4 nitrogen and oxygen atoms in total. The molecule has 114 valence electrons. The van der Waals surface area contributed by atoms with Crippen LogP contribution in [0.3, 0.4) is 0 Å². The SMILES string of the molecule is COc1cccnc1C(NN)C12CC3CC(CC(C3)C1)C2. The van der Waals surface area contributed by atoms with Crippen LogP contribution in [0.5, 0.6) is 5.75 Å². The Kier molecular flexibility index (Phi) is 3.19. The van der Waals surface area contributed by atoms with Gasteiger partial charge in [0.2, 0.25) is 0 Å². The molecule has 4 heteroatoms. The highest BCUT2D eigenvalue weighted by Crippen LogP contribution is 2.64. The van der Waals surface area contributed by atoms with Gasteiger partial charge in [-0.05, 0) is 73.8 Å². The number of nitrogens with one attached hydrogen (secondary N) is 1. The van der Waals surface area contributed by atoms with E-state index in [0.29, 0.717) is 0 Å². The molecule has 21 heavy (non-hydrogen) atoms. The van der Waals surface area contributed by atoms with Crippen LogP contribution in [0.2, 0.25) is 0 Å². The summed E-state index contributed by atoms with van der Waals surface area (Å²) in [6, 6.07) is 4.03. The summed E-state index contributed by atoms with van der Waals surface area (Å²) in [5, 5.41) is 0. The van der Waals surface area contributed by atoms with E-state index < -0.39 is 0 Å². The van der Waals surface area contributed by atoms with Crippen LogP contribution in [0.25, 0.3) is 0 Å². The fraction of sp³-hybridized carbons (Fsp3) is 0.706. The van der Waals surface area contributed by atoms with Gasteiger partial charge in [-0.3, -0.25) is 16.3 Å². The van der Waals surface area contributed by atoms with Gasteiger partial charge in [-0.25, -0.2) is 0 Å². The number of hydrogen-bond donors (Lipinski definition) is 2. The summed E-state index contributed by atoms with van der Waals surface area (Å²) in [4.78, 5) is 4.61. The van der Waals surface area contributed by atoms with Gasteiger partial charge in [0.25, 0.3) is 0 Å². The van der Waals surface area contributed by atoms with E-state index in [9.17, 15) is 0 Å². The van der Waals surface area contributed by atoms with E-state index in [4.69, 9.17) is 10.6 Å². The van der Waals surface area contributed by atoms with Crippen LogP contribution >= 0.6 is 0 Å². The monoisotopic (exact) mass is 287 g/mol. The van der Waals surface area contributed by atoms with E-state index in [0.717, 1.165) is 29.2 Å². The zero-order valence-electron chi connectivity index (χ0n) is 12.7. The number of hydrazine groups is 1. The van der Waals surface area contributed by atoms with Crippen LogP contribution in [0.15, 0.2) is 18.3 Å². The Hall–Kier alpha value is -1.13. The molecular formula is C17H25N3O. The minimum Gasteiger partial charge on any atom is -0.495 e. The zero-order chi connectivity index (χ0) is 14.4. The quantitative estimate of drug-likeness (QED) is 0.660. The van der Waals surface area contributed by atoms with Gasteiger partial charge in [-0.1, -0.05) is 0 Å². The van der Waals surface area contributed by atoms with Crippen molar-refractivity contribution in [3.63, 3.8) is 0 Å². The molecule has 3 N–H and O–H groups in total. The fourth-order valence-electron chi connectivity index (χ4n) is 5.87. The predicted octanol–water partition coefficient (Wildman–Crippen LogP) is 2.81. The Morgan fingerprint density at radius 3 is 2.38 bits per heavy atom. The fourth-order valence-corrected chi connectivity index (χ4v) is 5.87. The smallest absolute Gasteiger partial charge is 0.142 e.